The first-order chi connectivity index (χ1) is 28.0. The van der Waals surface area contributed by atoms with E-state index in [4.69, 9.17) is 23.9 Å². The van der Waals surface area contributed by atoms with E-state index in [1.165, 1.54) is 11.3 Å². The average molecular weight is 819 g/mol. The van der Waals surface area contributed by atoms with Crippen molar-refractivity contribution in [2.75, 3.05) is 32.2 Å². The number of carboxylic acids is 1. The molecule has 4 fully saturated rings. The number of phenols is 1. The molecule has 3 heterocycles. The lowest BCUT2D eigenvalue weighted by Gasteiger charge is -2.35. The Bertz CT molecular complexity index is 2070. The van der Waals surface area contributed by atoms with Gasteiger partial charge in [0.05, 0.1) is 18.8 Å². The highest BCUT2D eigenvalue weighted by Crippen LogP contribution is 2.52. The van der Waals surface area contributed by atoms with Crippen molar-refractivity contribution in [1.29, 1.82) is 0 Å². The van der Waals surface area contributed by atoms with E-state index in [0.29, 0.717) is 47.3 Å². The number of nitrogens with one attached hydrogen (secondary N) is 4. The van der Waals surface area contributed by atoms with E-state index < -0.39 is 53.0 Å². The van der Waals surface area contributed by atoms with E-state index >= 15 is 0 Å². The smallest absolute Gasteiger partial charge is 0.408 e. The van der Waals surface area contributed by atoms with E-state index in [0.717, 1.165) is 18.7 Å². The molecule has 59 heavy (non-hydrogen) atoms. The average Bonchev–Trinajstić information content (AvgIpc) is 3.84. The Labute approximate surface area is 344 Å². The number of carbonyl (C=O) groups excluding carboxylic acids is 3. The number of carbonyl (C=O) groups is 4. The first kappa shape index (κ1) is 41.9. The van der Waals surface area contributed by atoms with Crippen molar-refractivity contribution >= 4 is 40.6 Å². The SMILES string of the molecule is CCC1CC1(NC(=O)C1CC(Oc2cc(-c3c[nH]c(NC(C)C)c3)nc3c(O)c(OCCOC)ccc23)CN1C(=O)C(NC(=O)OC1CC2CC2C1)C(C)(C)C)C(=O)O. The number of benzene rings is 1. The van der Waals surface area contributed by atoms with Crippen LogP contribution in [0.25, 0.3) is 22.2 Å². The van der Waals surface area contributed by atoms with Crippen LogP contribution >= 0.6 is 0 Å². The van der Waals surface area contributed by atoms with Crippen LogP contribution in [-0.2, 0) is 23.9 Å². The van der Waals surface area contributed by atoms with Gasteiger partial charge in [-0.05, 0) is 80.9 Å². The molecule has 3 aliphatic carbocycles. The number of hydrogen-bond acceptors (Lipinski definition) is 11. The number of carboxylic acid groups (broad SMARTS) is 1. The zero-order valence-electron chi connectivity index (χ0n) is 34.9. The minimum absolute atomic E-state index is 0.0200. The summed E-state index contributed by atoms with van der Waals surface area (Å²) < 4.78 is 23.4. The number of ether oxygens (including phenoxy) is 4. The summed E-state index contributed by atoms with van der Waals surface area (Å²) in [6.07, 6.45) is 3.79. The van der Waals surface area contributed by atoms with Gasteiger partial charge < -0.3 is 55.0 Å². The molecule has 16 heteroatoms. The molecule has 2 aromatic heterocycles. The Balaban J connectivity index is 1.21. The highest BCUT2D eigenvalue weighted by molar-refractivity contribution is 5.97. The fraction of sp³-hybridized carbons (Fsp3) is 0.605. The van der Waals surface area contributed by atoms with Crippen molar-refractivity contribution < 1.29 is 48.3 Å². The van der Waals surface area contributed by atoms with Crippen molar-refractivity contribution in [2.45, 2.75) is 116 Å². The third kappa shape index (κ3) is 8.87. The van der Waals surface area contributed by atoms with E-state index in [2.05, 4.69) is 20.9 Å². The highest BCUT2D eigenvalue weighted by Gasteiger charge is 2.61. The van der Waals surface area contributed by atoms with Crippen molar-refractivity contribution in [3.8, 4) is 28.5 Å². The Kier molecular flexibility index (Phi) is 11.7. The molecule has 3 aromatic rings. The topological polar surface area (TPSA) is 214 Å². The van der Waals surface area contributed by atoms with Gasteiger partial charge >= 0.3 is 12.1 Å². The van der Waals surface area contributed by atoms with E-state index in [1.807, 2.05) is 47.6 Å². The number of rotatable bonds is 16. The number of nitrogens with zero attached hydrogens (tertiary/aromatic N) is 2. The van der Waals surface area contributed by atoms with Crippen LogP contribution in [0.15, 0.2) is 30.5 Å². The zero-order chi connectivity index (χ0) is 42.4. The Morgan fingerprint density at radius 3 is 2.42 bits per heavy atom. The number of aromatic nitrogens is 2. The Morgan fingerprint density at radius 1 is 1.03 bits per heavy atom. The van der Waals surface area contributed by atoms with Crippen LogP contribution < -0.4 is 25.4 Å². The molecule has 0 bridgehead atoms. The molecular formula is C43H58N6O10. The number of anilines is 1. The van der Waals surface area contributed by atoms with E-state index in [1.54, 1.807) is 31.5 Å². The number of fused-ring (bicyclic) bond motifs is 2. The summed E-state index contributed by atoms with van der Waals surface area (Å²) in [5.74, 6) is -0.202. The number of likely N-dealkylation sites (tertiary alicyclic amines) is 1. The third-order valence-corrected chi connectivity index (χ3v) is 12.2. The summed E-state index contributed by atoms with van der Waals surface area (Å²) in [5, 5.41) is 31.1. The highest BCUT2D eigenvalue weighted by atomic mass is 16.6. The second-order valence-corrected chi connectivity index (χ2v) is 18.0. The number of aromatic hydroxyl groups is 1. The molecule has 1 saturated heterocycles. The number of pyridine rings is 1. The lowest BCUT2D eigenvalue weighted by Crippen LogP contribution is -2.59. The summed E-state index contributed by atoms with van der Waals surface area (Å²) >= 11 is 0. The summed E-state index contributed by atoms with van der Waals surface area (Å²) in [5.41, 5.74) is -0.826. The number of methoxy groups -OCH3 is 1. The normalized spacial score (nSPS) is 26.3. The minimum Gasteiger partial charge on any atom is -0.503 e. The largest absolute Gasteiger partial charge is 0.503 e. The van der Waals surface area contributed by atoms with Crippen molar-refractivity contribution in [3.05, 3.63) is 30.5 Å². The molecule has 1 aliphatic heterocycles. The van der Waals surface area contributed by atoms with Gasteiger partial charge in [-0.25, -0.2) is 14.6 Å². The van der Waals surface area contributed by atoms with Gasteiger partial charge in [-0.3, -0.25) is 9.59 Å². The molecule has 320 valence electrons. The van der Waals surface area contributed by atoms with Gasteiger partial charge in [0.1, 0.15) is 53.5 Å². The van der Waals surface area contributed by atoms with Crippen LogP contribution in [-0.4, -0.2) is 112 Å². The molecule has 0 radical (unpaired) electrons. The van der Waals surface area contributed by atoms with Gasteiger partial charge in [-0.2, -0.15) is 0 Å². The quantitative estimate of drug-likeness (QED) is 0.0998. The maximum atomic E-state index is 14.7. The summed E-state index contributed by atoms with van der Waals surface area (Å²) in [4.78, 5) is 64.2. The van der Waals surface area contributed by atoms with Gasteiger partial charge in [0.15, 0.2) is 11.5 Å². The Hall–Kier alpha value is -5.25. The summed E-state index contributed by atoms with van der Waals surface area (Å²) in [6.45, 7) is 11.8. The maximum absolute atomic E-state index is 14.7. The fourth-order valence-corrected chi connectivity index (χ4v) is 8.78. The number of aromatic amines is 1. The third-order valence-electron chi connectivity index (χ3n) is 12.2. The molecule has 3 amide bonds. The lowest BCUT2D eigenvalue weighted by atomic mass is 9.85. The molecule has 7 rings (SSSR count). The minimum atomic E-state index is -1.43. The lowest BCUT2D eigenvalue weighted by molar-refractivity contribution is -0.146. The predicted octanol–water partition coefficient (Wildman–Crippen LogP) is 5.44. The van der Waals surface area contributed by atoms with Crippen LogP contribution in [0, 0.1) is 23.2 Å². The van der Waals surface area contributed by atoms with Crippen molar-refractivity contribution in [2.24, 2.45) is 23.2 Å². The molecule has 1 aromatic carbocycles. The number of amides is 3. The number of alkyl carbamates (subject to hydrolysis) is 1. The number of H-pyrrole nitrogens is 1. The fourth-order valence-electron chi connectivity index (χ4n) is 8.78. The first-order valence-electron chi connectivity index (χ1n) is 20.7. The van der Waals surface area contributed by atoms with Crippen LogP contribution in [0.1, 0.15) is 80.1 Å². The second kappa shape index (κ2) is 16.4. The molecule has 16 nitrogen and oxygen atoms in total. The predicted molar refractivity (Wildman–Crippen MR) is 218 cm³/mol. The molecule has 3 saturated carbocycles. The molecule has 7 unspecified atom stereocenters. The maximum Gasteiger partial charge on any atom is 0.408 e. The van der Waals surface area contributed by atoms with E-state index in [-0.39, 0.29) is 61.1 Å². The van der Waals surface area contributed by atoms with Crippen LogP contribution in [0.2, 0.25) is 0 Å². The molecule has 6 N–H and O–H groups in total. The first-order valence-corrected chi connectivity index (χ1v) is 20.7. The zero-order valence-corrected chi connectivity index (χ0v) is 34.9. The number of phenolic OH excluding ortho intramolecular Hbond substituents is 1. The summed E-state index contributed by atoms with van der Waals surface area (Å²) in [7, 11) is 1.55. The van der Waals surface area contributed by atoms with Crippen LogP contribution in [0.5, 0.6) is 17.2 Å². The molecule has 4 aliphatic rings. The molecule has 0 spiro atoms. The number of hydrogen-bond donors (Lipinski definition) is 6. The van der Waals surface area contributed by atoms with Crippen molar-refractivity contribution in [3.63, 3.8) is 0 Å². The molecular weight excluding hydrogens is 761 g/mol. The van der Waals surface area contributed by atoms with Crippen molar-refractivity contribution in [1.82, 2.24) is 25.5 Å². The monoisotopic (exact) mass is 818 g/mol. The van der Waals surface area contributed by atoms with Gasteiger partial charge in [0, 0.05) is 42.8 Å². The Morgan fingerprint density at radius 2 is 1.78 bits per heavy atom. The van der Waals surface area contributed by atoms with Crippen LogP contribution in [0.3, 0.4) is 0 Å². The van der Waals surface area contributed by atoms with Gasteiger partial charge in [0.2, 0.25) is 11.8 Å². The van der Waals surface area contributed by atoms with Gasteiger partial charge in [-0.1, -0.05) is 34.1 Å². The number of aliphatic carboxylic acids is 1. The van der Waals surface area contributed by atoms with E-state index in [9.17, 15) is 29.4 Å². The summed E-state index contributed by atoms with van der Waals surface area (Å²) in [6, 6.07) is 4.93. The van der Waals surface area contributed by atoms with Gasteiger partial charge in [-0.15, -0.1) is 0 Å². The second-order valence-electron chi connectivity index (χ2n) is 18.0. The van der Waals surface area contributed by atoms with Gasteiger partial charge in [0.25, 0.3) is 0 Å². The van der Waals surface area contributed by atoms with Crippen LogP contribution in [0.4, 0.5) is 10.6 Å². The standard InChI is InChI=1S/C43H58N6O10/c1-8-26-19-43(26,40(53)54)48-38(51)31-17-28(21-49(31)39(52)37(42(4,5)6)47-41(55)59-27-14-23-13-24(23)15-27)58-33-18-30(25-16-34(44-20-25)45-22(2)3)46-35-29(33)9-10-32(36(35)50)57-12-11-56-7/h9-10,16,18,20,22-24,26-28,31,37,44-45,50H,8,11-15,17,19,21H2,1-7H3,(H,47,55)(H,48,51)(H,53,54). The molecule has 7 atom stereocenters.